The minimum atomic E-state index is -0.458. The summed E-state index contributed by atoms with van der Waals surface area (Å²) in [4.78, 5) is 14.0. The Morgan fingerprint density at radius 1 is 1.15 bits per heavy atom. The van der Waals surface area contributed by atoms with Crippen molar-refractivity contribution in [2.45, 2.75) is 24.4 Å². The second-order valence-electron chi connectivity index (χ2n) is 6.67. The first-order valence-electron chi connectivity index (χ1n) is 8.79. The van der Waals surface area contributed by atoms with Crippen LogP contribution in [0.2, 0.25) is 0 Å². The van der Waals surface area contributed by atoms with Crippen LogP contribution in [0.15, 0.2) is 71.9 Å². The smallest absolute Gasteiger partial charge is 0.248 e. The number of nitrogens with zero attached hydrogens (tertiary/aromatic N) is 1. The summed E-state index contributed by atoms with van der Waals surface area (Å²) < 4.78 is 6.30. The van der Waals surface area contributed by atoms with E-state index in [9.17, 15) is 4.79 Å². The van der Waals surface area contributed by atoms with Gasteiger partial charge in [-0.05, 0) is 35.8 Å². The summed E-state index contributed by atoms with van der Waals surface area (Å²) in [6.45, 7) is 1.99. The number of thiocarbonyl (C=S) groups is 1. The third-order valence-electron chi connectivity index (χ3n) is 4.82. The van der Waals surface area contributed by atoms with E-state index in [4.69, 9.17) is 22.7 Å². The zero-order valence-corrected chi connectivity index (χ0v) is 16.5. The first kappa shape index (κ1) is 18.2. The molecule has 0 radical (unpaired) electrons. The van der Waals surface area contributed by atoms with Gasteiger partial charge in [-0.3, -0.25) is 9.69 Å². The molecule has 0 bridgehead atoms. The molecule has 0 aliphatic carbocycles. The van der Waals surface area contributed by atoms with Crippen LogP contribution >= 0.6 is 24.0 Å². The van der Waals surface area contributed by atoms with E-state index < -0.39 is 6.04 Å². The summed E-state index contributed by atoms with van der Waals surface area (Å²) in [5.74, 6) is 0.700. The van der Waals surface area contributed by atoms with Crippen molar-refractivity contribution in [1.29, 1.82) is 0 Å². The molecule has 2 aliphatic rings. The molecule has 2 aromatic carbocycles. The van der Waals surface area contributed by atoms with Gasteiger partial charge in [0, 0.05) is 5.75 Å². The summed E-state index contributed by atoms with van der Waals surface area (Å²) in [5, 5.41) is 0.292. The van der Waals surface area contributed by atoms with Crippen molar-refractivity contribution < 1.29 is 9.53 Å². The normalized spacial score (nSPS) is 21.7. The third kappa shape index (κ3) is 3.29. The molecule has 1 fully saturated rings. The van der Waals surface area contributed by atoms with Crippen LogP contribution in [0, 0.1) is 0 Å². The van der Waals surface area contributed by atoms with E-state index in [2.05, 4.69) is 0 Å². The maximum Gasteiger partial charge on any atom is 0.248 e. The standard InChI is InChI=1S/C21H20N2O2S2/c1-13-12-27-20-16(22)19(24)23(20)17(13)21(26)25-18(14-8-4-2-5-9-14)15-10-6-3-7-11-15/h2-11,16,18,20H,12,22H2,1H3/t16?,20-/m1/s1. The van der Waals surface area contributed by atoms with Crippen molar-refractivity contribution in [2.75, 3.05) is 5.75 Å². The summed E-state index contributed by atoms with van der Waals surface area (Å²) in [6.07, 6.45) is -0.335. The SMILES string of the molecule is CC1=C(C(=S)OC(c2ccccc2)c2ccccc2)N2C(=O)C(N)[C@H]2SC1. The molecule has 0 spiro atoms. The highest BCUT2D eigenvalue weighted by molar-refractivity contribution is 8.00. The van der Waals surface area contributed by atoms with E-state index in [1.54, 1.807) is 16.7 Å². The fourth-order valence-corrected chi connectivity index (χ4v) is 5.01. The first-order chi connectivity index (χ1) is 13.1. The van der Waals surface area contributed by atoms with Gasteiger partial charge in [0.2, 0.25) is 11.0 Å². The second kappa shape index (κ2) is 7.46. The summed E-state index contributed by atoms with van der Waals surface area (Å²) in [5.41, 5.74) is 9.72. The average Bonchev–Trinajstić information content (AvgIpc) is 2.72. The predicted molar refractivity (Wildman–Crippen MR) is 112 cm³/mol. The lowest BCUT2D eigenvalue weighted by molar-refractivity contribution is -0.140. The van der Waals surface area contributed by atoms with E-state index >= 15 is 0 Å². The largest absolute Gasteiger partial charge is 0.469 e. The van der Waals surface area contributed by atoms with Crippen LogP contribution in [0.4, 0.5) is 0 Å². The lowest BCUT2D eigenvalue weighted by Crippen LogP contribution is -2.68. The zero-order valence-electron chi connectivity index (χ0n) is 14.9. The Bertz CT molecular complexity index is 859. The van der Waals surface area contributed by atoms with Gasteiger partial charge in [0.05, 0.1) is 5.70 Å². The number of carbonyl (C=O) groups is 1. The Kier molecular flexibility index (Phi) is 5.04. The fourth-order valence-electron chi connectivity index (χ4n) is 3.41. The Balaban J connectivity index is 1.65. The lowest BCUT2D eigenvalue weighted by Gasteiger charge is -2.48. The molecule has 0 saturated carbocycles. The topological polar surface area (TPSA) is 55.6 Å². The van der Waals surface area contributed by atoms with Gasteiger partial charge >= 0.3 is 0 Å². The minimum absolute atomic E-state index is 0.0512. The van der Waals surface area contributed by atoms with Crippen molar-refractivity contribution in [3.8, 4) is 0 Å². The summed E-state index contributed by atoms with van der Waals surface area (Å²) in [6, 6.07) is 19.5. The highest BCUT2D eigenvalue weighted by Gasteiger charge is 2.50. The van der Waals surface area contributed by atoms with E-state index in [1.807, 2.05) is 67.6 Å². The molecule has 6 heteroatoms. The number of benzene rings is 2. The number of rotatable bonds is 4. The van der Waals surface area contributed by atoms with Crippen molar-refractivity contribution in [3.63, 3.8) is 0 Å². The molecule has 27 heavy (non-hydrogen) atoms. The highest BCUT2D eigenvalue weighted by atomic mass is 32.2. The minimum Gasteiger partial charge on any atom is -0.469 e. The molecule has 2 atom stereocenters. The van der Waals surface area contributed by atoms with E-state index in [-0.39, 0.29) is 17.4 Å². The average molecular weight is 397 g/mol. The fraction of sp³-hybridized carbons (Fsp3) is 0.238. The number of fused-ring (bicyclic) bond motifs is 1. The van der Waals surface area contributed by atoms with Gasteiger partial charge in [0.1, 0.15) is 17.5 Å². The molecular formula is C21H20N2O2S2. The van der Waals surface area contributed by atoms with E-state index in [0.717, 1.165) is 22.5 Å². The molecule has 4 nitrogen and oxygen atoms in total. The Labute approximate surface area is 168 Å². The van der Waals surface area contributed by atoms with Crippen molar-refractivity contribution in [1.82, 2.24) is 4.90 Å². The van der Waals surface area contributed by atoms with Crippen molar-refractivity contribution >= 4 is 34.9 Å². The number of ether oxygens (including phenoxy) is 1. The molecule has 0 aromatic heterocycles. The van der Waals surface area contributed by atoms with Crippen molar-refractivity contribution in [3.05, 3.63) is 83.1 Å². The molecule has 2 aromatic rings. The molecule has 1 saturated heterocycles. The van der Waals surface area contributed by atoms with Gasteiger partial charge in [-0.1, -0.05) is 60.7 Å². The van der Waals surface area contributed by atoms with Gasteiger partial charge in [0.15, 0.2) is 0 Å². The van der Waals surface area contributed by atoms with Crippen LogP contribution in [-0.4, -0.2) is 33.0 Å². The van der Waals surface area contributed by atoms with Crippen LogP contribution in [0.25, 0.3) is 0 Å². The first-order valence-corrected chi connectivity index (χ1v) is 10.2. The monoisotopic (exact) mass is 396 g/mol. The number of thioether (sulfide) groups is 1. The predicted octanol–water partition coefficient (Wildman–Crippen LogP) is 3.64. The lowest BCUT2D eigenvalue weighted by atomic mass is 10.0. The molecule has 1 unspecified atom stereocenters. The molecule has 4 rings (SSSR count). The Morgan fingerprint density at radius 2 is 1.70 bits per heavy atom. The van der Waals surface area contributed by atoms with Crippen LogP contribution in [-0.2, 0) is 9.53 Å². The molecule has 2 aliphatic heterocycles. The Hall–Kier alpha value is -2.15. The number of β-lactam (4-membered cyclic amide) rings is 1. The van der Waals surface area contributed by atoms with Gasteiger partial charge < -0.3 is 10.5 Å². The van der Waals surface area contributed by atoms with Crippen LogP contribution in [0.1, 0.15) is 24.2 Å². The van der Waals surface area contributed by atoms with Gasteiger partial charge in [0.25, 0.3) is 0 Å². The maximum atomic E-state index is 12.3. The zero-order chi connectivity index (χ0) is 19.0. The summed E-state index contributed by atoms with van der Waals surface area (Å²) in [7, 11) is 0. The van der Waals surface area contributed by atoms with Crippen LogP contribution < -0.4 is 5.73 Å². The van der Waals surface area contributed by atoms with Gasteiger partial charge in [-0.25, -0.2) is 0 Å². The molecule has 2 N–H and O–H groups in total. The number of amides is 1. The second-order valence-corrected chi connectivity index (χ2v) is 8.15. The van der Waals surface area contributed by atoms with Gasteiger partial charge in [-0.2, -0.15) is 0 Å². The number of nitrogens with two attached hydrogens (primary N) is 1. The molecular weight excluding hydrogens is 376 g/mol. The quantitative estimate of drug-likeness (QED) is 0.632. The van der Waals surface area contributed by atoms with Gasteiger partial charge in [-0.15, -0.1) is 11.8 Å². The number of carbonyl (C=O) groups excluding carboxylic acids is 1. The summed E-state index contributed by atoms with van der Waals surface area (Å²) >= 11 is 7.33. The van der Waals surface area contributed by atoms with Crippen molar-refractivity contribution in [2.24, 2.45) is 5.73 Å². The van der Waals surface area contributed by atoms with Crippen LogP contribution in [0.5, 0.6) is 0 Å². The number of hydrogen-bond acceptors (Lipinski definition) is 5. The third-order valence-corrected chi connectivity index (χ3v) is 6.56. The number of hydrogen-bond donors (Lipinski definition) is 1. The van der Waals surface area contributed by atoms with E-state index in [1.165, 1.54) is 0 Å². The molecule has 138 valence electrons. The molecule has 1 amide bonds. The highest BCUT2D eigenvalue weighted by Crippen LogP contribution is 2.40. The Morgan fingerprint density at radius 3 is 2.26 bits per heavy atom. The van der Waals surface area contributed by atoms with Crippen LogP contribution in [0.3, 0.4) is 0 Å². The maximum absolute atomic E-state index is 12.3. The van der Waals surface area contributed by atoms with E-state index in [0.29, 0.717) is 10.7 Å². The molecule has 2 heterocycles.